The Morgan fingerprint density at radius 1 is 1.03 bits per heavy atom. The maximum Gasteiger partial charge on any atom is 0.307 e. The molecular weight excluding hydrogens is 460 g/mol. The number of benzene rings is 1. The topological polar surface area (TPSA) is 63.2 Å². The minimum absolute atomic E-state index is 0.0691. The van der Waals surface area contributed by atoms with Crippen molar-refractivity contribution in [3.63, 3.8) is 0 Å². The van der Waals surface area contributed by atoms with E-state index in [1.165, 1.54) is 45.6 Å². The highest BCUT2D eigenvalue weighted by molar-refractivity contribution is 7.99. The van der Waals surface area contributed by atoms with Crippen LogP contribution in [-0.4, -0.2) is 36.8 Å². The van der Waals surface area contributed by atoms with Crippen LogP contribution in [0.3, 0.4) is 0 Å². The smallest absolute Gasteiger partial charge is 0.307 e. The number of carbonyl (C=O) groups is 1. The van der Waals surface area contributed by atoms with Crippen LogP contribution in [0.5, 0.6) is 5.75 Å². The van der Waals surface area contributed by atoms with Crippen molar-refractivity contribution in [1.82, 2.24) is 0 Å². The largest absolute Gasteiger partial charge is 0.493 e. The Kier molecular flexibility index (Phi) is 8.55. The Morgan fingerprint density at radius 2 is 1.67 bits per heavy atom. The molecule has 0 unspecified atom stereocenters. The van der Waals surface area contributed by atoms with Gasteiger partial charge in [-0.1, -0.05) is 5.04 Å². The van der Waals surface area contributed by atoms with Crippen LogP contribution in [-0.2, 0) is 23.8 Å². The molecule has 1 aromatic rings. The molecule has 0 amide bonds. The summed E-state index contributed by atoms with van der Waals surface area (Å²) < 4.78 is 16.5. The van der Waals surface area contributed by atoms with Gasteiger partial charge in [-0.15, -0.1) is 16.1 Å². The van der Waals surface area contributed by atoms with Gasteiger partial charge < -0.3 is 9.47 Å². The van der Waals surface area contributed by atoms with Crippen molar-refractivity contribution >= 4 is 29.8 Å². The van der Waals surface area contributed by atoms with Gasteiger partial charge in [0.25, 0.3) is 0 Å². The fourth-order valence-electron chi connectivity index (χ4n) is 6.45. The summed E-state index contributed by atoms with van der Waals surface area (Å²) in [5.41, 5.74) is -0.176. The molecule has 6 nitrogen and oxygen atoms in total. The monoisotopic (exact) mass is 496 g/mol. The normalized spacial score (nSPS) is 28.2. The molecule has 0 N–H and O–H groups in total. The molecule has 4 aliphatic rings. The molecule has 1 aromatic carbocycles. The van der Waals surface area contributed by atoms with E-state index in [9.17, 15) is 4.79 Å². The first-order valence-corrected chi connectivity index (χ1v) is 13.9. The van der Waals surface area contributed by atoms with Crippen LogP contribution in [0.25, 0.3) is 0 Å². The van der Waals surface area contributed by atoms with Gasteiger partial charge in [0.05, 0.1) is 25.9 Å². The number of carbonyl (C=O) groups excluding carboxylic acids is 1. The van der Waals surface area contributed by atoms with Gasteiger partial charge in [-0.05, 0) is 94.4 Å². The quantitative estimate of drug-likeness (QED) is 0.0794. The minimum Gasteiger partial charge on any atom is -0.493 e. The number of ether oxygens (including phenoxy) is 2. The summed E-state index contributed by atoms with van der Waals surface area (Å²) in [6.45, 7) is 4.83. The molecule has 4 saturated carbocycles. The summed E-state index contributed by atoms with van der Waals surface area (Å²) in [6, 6.07) is 7.91. The number of rotatable bonds is 13. The summed E-state index contributed by atoms with van der Waals surface area (Å²) in [6.07, 6.45) is 8.38. The van der Waals surface area contributed by atoms with Crippen molar-refractivity contribution in [2.24, 2.45) is 23.2 Å². The molecule has 0 heterocycles. The first-order chi connectivity index (χ1) is 15.9. The van der Waals surface area contributed by atoms with E-state index >= 15 is 0 Å². The van der Waals surface area contributed by atoms with Gasteiger partial charge in [0.2, 0.25) is 0 Å². The second-order valence-electron chi connectivity index (χ2n) is 10.2. The van der Waals surface area contributed by atoms with Gasteiger partial charge in [-0.2, -0.15) is 0 Å². The van der Waals surface area contributed by atoms with Crippen LogP contribution in [0, 0.1) is 23.2 Å². The van der Waals surface area contributed by atoms with Gasteiger partial charge in [0, 0.05) is 28.1 Å². The first-order valence-electron chi connectivity index (χ1n) is 12.0. The van der Waals surface area contributed by atoms with Gasteiger partial charge in [0.1, 0.15) is 11.4 Å². The highest BCUT2D eigenvalue weighted by atomic mass is 32.2. The van der Waals surface area contributed by atoms with Crippen molar-refractivity contribution in [3.05, 3.63) is 24.3 Å². The molecule has 5 rings (SSSR count). The van der Waals surface area contributed by atoms with E-state index in [0.29, 0.717) is 24.5 Å². The molecule has 0 aliphatic heterocycles. The van der Waals surface area contributed by atoms with Gasteiger partial charge in [-0.3, -0.25) is 4.79 Å². The van der Waals surface area contributed by atoms with E-state index < -0.39 is 0 Å². The molecule has 0 spiro atoms. The molecule has 0 saturated heterocycles. The summed E-state index contributed by atoms with van der Waals surface area (Å²) in [5.74, 6) is 4.62. The summed E-state index contributed by atoms with van der Waals surface area (Å²) in [5, 5.41) is 4.31. The van der Waals surface area contributed by atoms with Crippen molar-refractivity contribution < 1.29 is 28.5 Å². The molecule has 4 bridgehead atoms. The van der Waals surface area contributed by atoms with Crippen LogP contribution < -0.4 is 4.74 Å². The van der Waals surface area contributed by atoms with E-state index in [1.54, 1.807) is 11.8 Å². The fourth-order valence-corrected chi connectivity index (χ4v) is 7.60. The first kappa shape index (κ1) is 25.2. The van der Waals surface area contributed by atoms with Crippen LogP contribution in [0.4, 0.5) is 0 Å². The second kappa shape index (κ2) is 11.2. The third kappa shape index (κ3) is 6.40. The Balaban J connectivity index is 1.17. The number of hydrogen-bond donors (Lipinski definition) is 0. The molecule has 0 atom stereocenters. The molecule has 4 aliphatic carbocycles. The van der Waals surface area contributed by atoms with Crippen LogP contribution in [0.15, 0.2) is 29.2 Å². The molecule has 33 heavy (non-hydrogen) atoms. The SMILES string of the molecule is COOOSCCOc1ccc(SCCC(=O)OC(C)(C)C23CC4CC(CC(C4)C2)C3)cc1. The third-order valence-electron chi connectivity index (χ3n) is 7.66. The average molecular weight is 497 g/mol. The predicted octanol–water partition coefficient (Wildman–Crippen LogP) is 6.24. The van der Waals surface area contributed by atoms with E-state index in [4.69, 9.17) is 9.47 Å². The molecule has 184 valence electrons. The van der Waals surface area contributed by atoms with Crippen molar-refractivity contribution in [2.45, 2.75) is 69.3 Å². The summed E-state index contributed by atoms with van der Waals surface area (Å²) in [7, 11) is 1.38. The molecule has 4 fully saturated rings. The summed E-state index contributed by atoms with van der Waals surface area (Å²) in [4.78, 5) is 18.2. The lowest BCUT2D eigenvalue weighted by molar-refractivity contribution is -0.447. The van der Waals surface area contributed by atoms with Crippen LogP contribution >= 0.6 is 23.8 Å². The van der Waals surface area contributed by atoms with Crippen LogP contribution in [0.2, 0.25) is 0 Å². The average Bonchev–Trinajstić information content (AvgIpc) is 2.76. The molecule has 8 heteroatoms. The minimum atomic E-state index is -0.372. The van der Waals surface area contributed by atoms with E-state index in [1.807, 2.05) is 24.3 Å². The zero-order valence-electron chi connectivity index (χ0n) is 19.9. The van der Waals surface area contributed by atoms with Crippen molar-refractivity contribution in [1.29, 1.82) is 0 Å². The maximum atomic E-state index is 12.7. The Bertz CT molecular complexity index is 746. The lowest BCUT2D eigenvalue weighted by Crippen LogP contribution is -2.57. The number of thioether (sulfide) groups is 1. The standard InChI is InChI=1S/C25H36O6S2/c1-24(2,25-15-18-12-19(16-25)14-20(13-18)17-25)29-23(26)8-10-32-22-6-4-21(5-7-22)28-9-11-33-31-30-27-3/h4-7,18-20H,8-17H2,1-3H3. The maximum absolute atomic E-state index is 12.7. The lowest BCUT2D eigenvalue weighted by Gasteiger charge is -2.61. The van der Waals surface area contributed by atoms with Gasteiger partial charge >= 0.3 is 5.97 Å². The summed E-state index contributed by atoms with van der Waals surface area (Å²) >= 11 is 2.78. The van der Waals surface area contributed by atoms with Crippen molar-refractivity contribution in [2.75, 3.05) is 25.2 Å². The van der Waals surface area contributed by atoms with Gasteiger partial charge in [0.15, 0.2) is 0 Å². The predicted molar refractivity (Wildman–Crippen MR) is 130 cm³/mol. The molecular formula is C25H36O6S2. The van der Waals surface area contributed by atoms with E-state index in [-0.39, 0.29) is 17.0 Å². The zero-order chi connectivity index (χ0) is 23.3. The van der Waals surface area contributed by atoms with Gasteiger partial charge in [-0.25, -0.2) is 4.89 Å². The Morgan fingerprint density at radius 3 is 2.27 bits per heavy atom. The Labute approximate surface area is 205 Å². The zero-order valence-corrected chi connectivity index (χ0v) is 21.5. The molecule has 0 radical (unpaired) electrons. The fraction of sp³-hybridized carbons (Fsp3) is 0.720. The number of hydrogen-bond acceptors (Lipinski definition) is 8. The number of esters is 1. The third-order valence-corrected chi connectivity index (χ3v) is 9.16. The van der Waals surface area contributed by atoms with E-state index in [0.717, 1.165) is 40.4 Å². The second-order valence-corrected chi connectivity index (χ2v) is 12.2. The Hall–Kier alpha value is -0.930. The van der Waals surface area contributed by atoms with Crippen LogP contribution in [0.1, 0.15) is 58.8 Å². The van der Waals surface area contributed by atoms with E-state index in [2.05, 4.69) is 28.1 Å². The highest BCUT2D eigenvalue weighted by Gasteiger charge is 2.58. The van der Waals surface area contributed by atoms with Crippen molar-refractivity contribution in [3.8, 4) is 5.75 Å². The lowest BCUT2D eigenvalue weighted by atomic mass is 9.46. The molecule has 0 aromatic heterocycles. The highest BCUT2D eigenvalue weighted by Crippen LogP contribution is 2.64.